The molecule has 1 atom stereocenters. The van der Waals surface area contributed by atoms with Crippen molar-refractivity contribution in [3.8, 4) is 0 Å². The van der Waals surface area contributed by atoms with E-state index in [2.05, 4.69) is 5.32 Å². The standard InChI is InChI=1S/C14H22N2O2/c1-2-11(8-15)7-14(18)16-9-12-3-5-13(10-17)6-4-12/h3-6,11,17H,2,7-10,15H2,1H3,(H,16,18). The van der Waals surface area contributed by atoms with E-state index in [1.165, 1.54) is 0 Å². The van der Waals surface area contributed by atoms with Crippen molar-refractivity contribution in [2.45, 2.75) is 32.9 Å². The van der Waals surface area contributed by atoms with Gasteiger partial charge in [-0.25, -0.2) is 0 Å². The summed E-state index contributed by atoms with van der Waals surface area (Å²) in [5.74, 6) is 0.306. The van der Waals surface area contributed by atoms with Crippen molar-refractivity contribution in [1.29, 1.82) is 0 Å². The molecule has 100 valence electrons. The summed E-state index contributed by atoms with van der Waals surface area (Å²) < 4.78 is 0. The van der Waals surface area contributed by atoms with Gasteiger partial charge in [-0.1, -0.05) is 37.6 Å². The molecule has 0 aliphatic rings. The Labute approximate surface area is 108 Å². The number of carbonyl (C=O) groups excluding carboxylic acids is 1. The van der Waals surface area contributed by atoms with E-state index in [1.54, 1.807) is 0 Å². The lowest BCUT2D eigenvalue weighted by Gasteiger charge is -2.12. The van der Waals surface area contributed by atoms with Crippen molar-refractivity contribution in [2.75, 3.05) is 6.54 Å². The lowest BCUT2D eigenvalue weighted by atomic mass is 10.0. The van der Waals surface area contributed by atoms with Gasteiger partial charge in [0.2, 0.25) is 5.91 Å². The highest BCUT2D eigenvalue weighted by molar-refractivity contribution is 5.76. The van der Waals surface area contributed by atoms with Crippen molar-refractivity contribution in [1.82, 2.24) is 5.32 Å². The van der Waals surface area contributed by atoms with Gasteiger partial charge in [0, 0.05) is 13.0 Å². The first-order valence-corrected chi connectivity index (χ1v) is 6.35. The fraction of sp³-hybridized carbons (Fsp3) is 0.500. The SMILES string of the molecule is CCC(CN)CC(=O)NCc1ccc(CO)cc1. The molecule has 0 bridgehead atoms. The first-order chi connectivity index (χ1) is 8.69. The molecule has 1 unspecified atom stereocenters. The topological polar surface area (TPSA) is 75.4 Å². The van der Waals surface area contributed by atoms with E-state index in [1.807, 2.05) is 31.2 Å². The summed E-state index contributed by atoms with van der Waals surface area (Å²) in [6.45, 7) is 3.15. The summed E-state index contributed by atoms with van der Waals surface area (Å²) in [7, 11) is 0. The molecular formula is C14H22N2O2. The summed E-state index contributed by atoms with van der Waals surface area (Å²) >= 11 is 0. The normalized spacial score (nSPS) is 12.2. The van der Waals surface area contributed by atoms with E-state index in [9.17, 15) is 4.79 Å². The Bertz CT molecular complexity index is 359. The first kappa shape index (κ1) is 14.7. The molecule has 18 heavy (non-hydrogen) atoms. The summed E-state index contributed by atoms with van der Waals surface area (Å²) in [4.78, 5) is 11.7. The Kier molecular flexibility index (Phi) is 6.39. The van der Waals surface area contributed by atoms with Gasteiger partial charge in [-0.05, 0) is 23.6 Å². The number of nitrogens with two attached hydrogens (primary N) is 1. The highest BCUT2D eigenvalue weighted by Gasteiger charge is 2.09. The third-order valence-corrected chi connectivity index (χ3v) is 3.08. The van der Waals surface area contributed by atoms with Gasteiger partial charge in [0.1, 0.15) is 0 Å². The molecule has 0 aliphatic heterocycles. The Morgan fingerprint density at radius 2 is 1.94 bits per heavy atom. The highest BCUT2D eigenvalue weighted by Crippen LogP contribution is 2.07. The van der Waals surface area contributed by atoms with Crippen molar-refractivity contribution in [3.63, 3.8) is 0 Å². The largest absolute Gasteiger partial charge is 0.392 e. The molecule has 0 spiro atoms. The fourth-order valence-corrected chi connectivity index (χ4v) is 1.69. The number of rotatable bonds is 7. The van der Waals surface area contributed by atoms with Crippen molar-refractivity contribution >= 4 is 5.91 Å². The minimum atomic E-state index is 0.0403. The van der Waals surface area contributed by atoms with Crippen LogP contribution in [0.3, 0.4) is 0 Å². The second-order valence-corrected chi connectivity index (χ2v) is 4.47. The third kappa shape index (κ3) is 4.85. The second-order valence-electron chi connectivity index (χ2n) is 4.47. The number of aliphatic hydroxyl groups excluding tert-OH is 1. The minimum Gasteiger partial charge on any atom is -0.392 e. The zero-order chi connectivity index (χ0) is 13.4. The maximum atomic E-state index is 11.7. The first-order valence-electron chi connectivity index (χ1n) is 6.35. The second kappa shape index (κ2) is 7.84. The zero-order valence-electron chi connectivity index (χ0n) is 10.9. The Hall–Kier alpha value is -1.39. The van der Waals surface area contributed by atoms with Crippen LogP contribution in [0, 0.1) is 5.92 Å². The lowest BCUT2D eigenvalue weighted by Crippen LogP contribution is -2.27. The molecule has 0 saturated heterocycles. The Morgan fingerprint density at radius 1 is 1.33 bits per heavy atom. The summed E-state index contributed by atoms with van der Waals surface area (Å²) in [5, 5.41) is 11.8. The molecule has 1 rings (SSSR count). The molecule has 4 heteroatoms. The van der Waals surface area contributed by atoms with Crippen LogP contribution in [0.25, 0.3) is 0 Å². The van der Waals surface area contributed by atoms with Crippen molar-refractivity contribution in [3.05, 3.63) is 35.4 Å². The molecule has 4 N–H and O–H groups in total. The molecule has 0 saturated carbocycles. The van der Waals surface area contributed by atoms with Crippen LogP contribution in [-0.2, 0) is 17.9 Å². The molecule has 0 fully saturated rings. The number of amides is 1. The van der Waals surface area contributed by atoms with E-state index < -0.39 is 0 Å². The number of aliphatic hydroxyl groups is 1. The molecule has 1 amide bonds. The van der Waals surface area contributed by atoms with Crippen LogP contribution in [0.1, 0.15) is 30.9 Å². The number of hydrogen-bond acceptors (Lipinski definition) is 3. The fourth-order valence-electron chi connectivity index (χ4n) is 1.69. The number of nitrogens with one attached hydrogen (secondary N) is 1. The smallest absolute Gasteiger partial charge is 0.220 e. The maximum Gasteiger partial charge on any atom is 0.220 e. The average molecular weight is 250 g/mol. The third-order valence-electron chi connectivity index (χ3n) is 3.08. The monoisotopic (exact) mass is 250 g/mol. The van der Waals surface area contributed by atoms with Crippen LogP contribution in [0.2, 0.25) is 0 Å². The van der Waals surface area contributed by atoms with Gasteiger partial charge >= 0.3 is 0 Å². The van der Waals surface area contributed by atoms with Gasteiger partial charge in [-0.2, -0.15) is 0 Å². The lowest BCUT2D eigenvalue weighted by molar-refractivity contribution is -0.122. The van der Waals surface area contributed by atoms with E-state index in [-0.39, 0.29) is 18.4 Å². The molecular weight excluding hydrogens is 228 g/mol. The van der Waals surface area contributed by atoms with Crippen LogP contribution in [0.4, 0.5) is 0 Å². The Morgan fingerprint density at radius 3 is 2.44 bits per heavy atom. The summed E-state index contributed by atoms with van der Waals surface area (Å²) in [6, 6.07) is 7.53. The van der Waals surface area contributed by atoms with Gasteiger partial charge < -0.3 is 16.2 Å². The number of carbonyl (C=O) groups is 1. The average Bonchev–Trinajstić information content (AvgIpc) is 2.43. The number of hydrogen-bond donors (Lipinski definition) is 3. The van der Waals surface area contributed by atoms with Crippen LogP contribution < -0.4 is 11.1 Å². The zero-order valence-corrected chi connectivity index (χ0v) is 10.9. The molecule has 1 aromatic rings. The van der Waals surface area contributed by atoms with Gasteiger partial charge in [-0.15, -0.1) is 0 Å². The quantitative estimate of drug-likeness (QED) is 0.680. The van der Waals surface area contributed by atoms with Crippen molar-refractivity contribution < 1.29 is 9.90 Å². The number of benzene rings is 1. The van der Waals surface area contributed by atoms with Crippen LogP contribution >= 0.6 is 0 Å². The van der Waals surface area contributed by atoms with Gasteiger partial charge in [0.05, 0.1) is 6.61 Å². The predicted octanol–water partition coefficient (Wildman–Crippen LogP) is 1.17. The van der Waals surface area contributed by atoms with E-state index in [0.29, 0.717) is 19.5 Å². The summed E-state index contributed by atoms with van der Waals surface area (Å²) in [5.41, 5.74) is 7.47. The molecule has 4 nitrogen and oxygen atoms in total. The van der Waals surface area contributed by atoms with E-state index in [0.717, 1.165) is 17.5 Å². The predicted molar refractivity (Wildman–Crippen MR) is 71.7 cm³/mol. The van der Waals surface area contributed by atoms with E-state index >= 15 is 0 Å². The molecule has 0 aliphatic carbocycles. The van der Waals surface area contributed by atoms with Crippen LogP contribution in [0.5, 0.6) is 0 Å². The minimum absolute atomic E-state index is 0.0403. The van der Waals surface area contributed by atoms with Crippen LogP contribution in [0.15, 0.2) is 24.3 Å². The van der Waals surface area contributed by atoms with Gasteiger partial charge in [-0.3, -0.25) is 4.79 Å². The Balaban J connectivity index is 2.37. The van der Waals surface area contributed by atoms with Gasteiger partial charge in [0.15, 0.2) is 0 Å². The molecule has 0 radical (unpaired) electrons. The maximum absolute atomic E-state index is 11.7. The summed E-state index contributed by atoms with van der Waals surface area (Å²) in [6.07, 6.45) is 1.41. The molecule has 0 aromatic heterocycles. The van der Waals surface area contributed by atoms with Crippen molar-refractivity contribution in [2.24, 2.45) is 11.7 Å². The van der Waals surface area contributed by atoms with Crippen LogP contribution in [-0.4, -0.2) is 17.6 Å². The highest BCUT2D eigenvalue weighted by atomic mass is 16.3. The van der Waals surface area contributed by atoms with E-state index in [4.69, 9.17) is 10.8 Å². The van der Waals surface area contributed by atoms with Gasteiger partial charge in [0.25, 0.3) is 0 Å². The molecule has 0 heterocycles. The molecule has 1 aromatic carbocycles.